The molecule has 0 aliphatic heterocycles. The lowest BCUT2D eigenvalue weighted by atomic mass is 10.2. The largest absolute Gasteiger partial charge is 0.476 e. The number of carboxylic acids is 1. The molecule has 0 fully saturated rings. The second kappa shape index (κ2) is 3.46. The van der Waals surface area contributed by atoms with E-state index in [0.717, 1.165) is 6.07 Å². The maximum absolute atomic E-state index is 11.0. The van der Waals surface area contributed by atoms with E-state index in [1.165, 1.54) is 12.1 Å². The maximum Gasteiger partial charge on any atom is 0.358 e. The Morgan fingerprint density at radius 3 is 2.69 bits per heavy atom. The van der Waals surface area contributed by atoms with Crippen molar-refractivity contribution in [2.24, 2.45) is 0 Å². The van der Waals surface area contributed by atoms with Crippen LogP contribution in [0.5, 0.6) is 0 Å². The minimum absolute atomic E-state index is 0.0919. The molecule has 0 amide bonds. The fourth-order valence-electron chi connectivity index (χ4n) is 1.22. The second-order valence-corrected chi connectivity index (χ2v) is 5.50. The third kappa shape index (κ3) is 1.74. The van der Waals surface area contributed by atoms with Crippen LogP contribution in [0.1, 0.15) is 10.5 Å². The molecule has 1 aromatic heterocycles. The lowest BCUT2D eigenvalue weighted by Crippen LogP contribution is -1.97. The molecule has 0 bridgehead atoms. The number of nitrogens with zero attached hydrogens (tertiary/aromatic N) is 1. The molecule has 0 atom stereocenters. The summed E-state index contributed by atoms with van der Waals surface area (Å²) in [5.74, 6) is -1.30. The van der Waals surface area contributed by atoms with Gasteiger partial charge in [-0.15, -0.1) is 0 Å². The van der Waals surface area contributed by atoms with E-state index < -0.39 is 15.0 Å². The molecule has 1 N–H and O–H groups in total. The predicted octanol–water partition coefficient (Wildman–Crippen LogP) is 1.45. The zero-order chi connectivity index (χ0) is 11.9. The monoisotopic (exact) mass is 261 g/mol. The average Bonchev–Trinajstić information content (AvgIpc) is 2.58. The van der Waals surface area contributed by atoms with Gasteiger partial charge in [-0.05, 0) is 18.2 Å². The van der Waals surface area contributed by atoms with Crippen LogP contribution in [0, 0.1) is 0 Å². The molecular weight excluding hydrogens is 258 g/mol. The molecule has 0 radical (unpaired) electrons. The number of benzene rings is 1. The van der Waals surface area contributed by atoms with E-state index in [1.54, 1.807) is 0 Å². The Bertz CT molecular complexity index is 675. The summed E-state index contributed by atoms with van der Waals surface area (Å²) in [5, 5.41) is 12.2. The topological polar surface area (TPSA) is 97.5 Å². The van der Waals surface area contributed by atoms with E-state index in [2.05, 4.69) is 5.16 Å². The molecule has 0 aliphatic carbocycles. The molecule has 84 valence electrons. The maximum atomic E-state index is 11.0. The first-order valence-corrected chi connectivity index (χ1v) is 6.28. The SMILES string of the molecule is O=C(O)c1noc2ccc(S(=O)(=O)Cl)cc12. The van der Waals surface area contributed by atoms with Gasteiger partial charge in [-0.1, -0.05) is 5.16 Å². The van der Waals surface area contributed by atoms with E-state index in [9.17, 15) is 13.2 Å². The summed E-state index contributed by atoms with van der Waals surface area (Å²) in [7, 11) is 1.23. The highest BCUT2D eigenvalue weighted by Gasteiger charge is 2.18. The number of rotatable bonds is 2. The van der Waals surface area contributed by atoms with Gasteiger partial charge in [-0.25, -0.2) is 13.2 Å². The number of halogens is 1. The molecule has 0 saturated heterocycles. The predicted molar refractivity (Wildman–Crippen MR) is 54.0 cm³/mol. The number of aromatic carboxylic acids is 1. The van der Waals surface area contributed by atoms with Crippen LogP contribution < -0.4 is 0 Å². The number of hydrogen-bond acceptors (Lipinski definition) is 5. The van der Waals surface area contributed by atoms with Crippen molar-refractivity contribution in [2.75, 3.05) is 0 Å². The van der Waals surface area contributed by atoms with Crippen molar-refractivity contribution in [3.8, 4) is 0 Å². The van der Waals surface area contributed by atoms with Crippen LogP contribution in [0.2, 0.25) is 0 Å². The molecule has 1 aromatic carbocycles. The zero-order valence-electron chi connectivity index (χ0n) is 7.55. The normalized spacial score (nSPS) is 11.8. The molecule has 6 nitrogen and oxygen atoms in total. The second-order valence-electron chi connectivity index (χ2n) is 2.93. The molecule has 0 aliphatic rings. The summed E-state index contributed by atoms with van der Waals surface area (Å²) in [4.78, 5) is 10.5. The molecule has 0 saturated carbocycles. The van der Waals surface area contributed by atoms with E-state index in [1.807, 2.05) is 0 Å². The van der Waals surface area contributed by atoms with Crippen LogP contribution in [-0.2, 0) is 9.05 Å². The summed E-state index contributed by atoms with van der Waals surface area (Å²) in [5.41, 5.74) is -0.168. The van der Waals surface area contributed by atoms with E-state index >= 15 is 0 Å². The fraction of sp³-hybridized carbons (Fsp3) is 0. The highest BCUT2D eigenvalue weighted by Crippen LogP contribution is 2.24. The van der Waals surface area contributed by atoms with Crippen molar-refractivity contribution in [1.82, 2.24) is 5.16 Å². The summed E-state index contributed by atoms with van der Waals surface area (Å²) >= 11 is 0. The Hall–Kier alpha value is -1.60. The third-order valence-electron chi connectivity index (χ3n) is 1.93. The molecule has 2 aromatic rings. The van der Waals surface area contributed by atoms with Crippen molar-refractivity contribution in [3.05, 3.63) is 23.9 Å². The summed E-state index contributed by atoms with van der Waals surface area (Å²) in [6, 6.07) is 3.61. The van der Waals surface area contributed by atoms with Crippen LogP contribution >= 0.6 is 10.7 Å². The Morgan fingerprint density at radius 1 is 1.44 bits per heavy atom. The molecule has 0 spiro atoms. The third-order valence-corrected chi connectivity index (χ3v) is 3.28. The van der Waals surface area contributed by atoms with Crippen molar-refractivity contribution in [2.45, 2.75) is 4.90 Å². The lowest BCUT2D eigenvalue weighted by molar-refractivity contribution is 0.0688. The Morgan fingerprint density at radius 2 is 2.12 bits per heavy atom. The minimum atomic E-state index is -3.90. The van der Waals surface area contributed by atoms with E-state index in [4.69, 9.17) is 20.3 Å². The molecule has 16 heavy (non-hydrogen) atoms. The molecule has 0 unspecified atom stereocenters. The Kier molecular flexibility index (Phi) is 2.36. The molecular formula is C8H4ClNO5S. The van der Waals surface area contributed by atoms with E-state index in [0.29, 0.717) is 0 Å². The van der Waals surface area contributed by atoms with Crippen molar-refractivity contribution < 1.29 is 22.8 Å². The van der Waals surface area contributed by atoms with Crippen LogP contribution in [0.4, 0.5) is 0 Å². The quantitative estimate of drug-likeness (QED) is 0.822. The highest BCUT2D eigenvalue weighted by molar-refractivity contribution is 8.13. The number of fused-ring (bicyclic) bond motifs is 1. The summed E-state index contributed by atoms with van der Waals surface area (Å²) < 4.78 is 26.8. The van der Waals surface area contributed by atoms with E-state index in [-0.39, 0.29) is 21.6 Å². The number of carboxylic acid groups (broad SMARTS) is 1. The number of hydrogen-bond donors (Lipinski definition) is 1. The van der Waals surface area contributed by atoms with Crippen molar-refractivity contribution in [3.63, 3.8) is 0 Å². The van der Waals surface area contributed by atoms with Gasteiger partial charge in [0.25, 0.3) is 9.05 Å². The number of carbonyl (C=O) groups is 1. The minimum Gasteiger partial charge on any atom is -0.476 e. The average molecular weight is 262 g/mol. The van der Waals surface area contributed by atoms with Crippen LogP contribution in [0.25, 0.3) is 11.0 Å². The van der Waals surface area contributed by atoms with Gasteiger partial charge in [0.1, 0.15) is 0 Å². The zero-order valence-corrected chi connectivity index (χ0v) is 9.12. The van der Waals surface area contributed by atoms with Gasteiger partial charge in [-0.3, -0.25) is 0 Å². The summed E-state index contributed by atoms with van der Waals surface area (Å²) in [6.07, 6.45) is 0. The first kappa shape index (κ1) is 10.9. The lowest BCUT2D eigenvalue weighted by Gasteiger charge is -1.94. The van der Waals surface area contributed by atoms with Crippen molar-refractivity contribution in [1.29, 1.82) is 0 Å². The Labute approximate surface area is 93.8 Å². The first-order chi connectivity index (χ1) is 7.39. The van der Waals surface area contributed by atoms with Crippen LogP contribution in [0.3, 0.4) is 0 Å². The van der Waals surface area contributed by atoms with Crippen molar-refractivity contribution >= 4 is 36.7 Å². The van der Waals surface area contributed by atoms with Gasteiger partial charge in [0.15, 0.2) is 11.3 Å². The fourth-order valence-corrected chi connectivity index (χ4v) is 2.00. The Balaban J connectivity index is 2.78. The van der Waals surface area contributed by atoms with Crippen LogP contribution in [-0.4, -0.2) is 24.7 Å². The molecule has 8 heteroatoms. The standard InChI is InChI=1S/C8H4ClNO5S/c9-16(13,14)4-1-2-6-5(3-4)7(8(11)12)10-15-6/h1-3H,(H,11,12). The van der Waals surface area contributed by atoms with Gasteiger partial charge >= 0.3 is 5.97 Å². The van der Waals surface area contributed by atoms with Gasteiger partial charge in [0.05, 0.1) is 10.3 Å². The summed E-state index contributed by atoms with van der Waals surface area (Å²) in [6.45, 7) is 0. The first-order valence-electron chi connectivity index (χ1n) is 3.97. The molecule has 1 heterocycles. The van der Waals surface area contributed by atoms with Gasteiger partial charge in [0.2, 0.25) is 0 Å². The highest BCUT2D eigenvalue weighted by atomic mass is 35.7. The molecule has 2 rings (SSSR count). The number of aromatic nitrogens is 1. The van der Waals surface area contributed by atoms with Gasteiger partial charge < -0.3 is 9.63 Å². The van der Waals surface area contributed by atoms with Gasteiger partial charge in [-0.2, -0.15) is 0 Å². The van der Waals surface area contributed by atoms with Gasteiger partial charge in [0, 0.05) is 10.7 Å². The smallest absolute Gasteiger partial charge is 0.358 e. The van der Waals surface area contributed by atoms with Crippen LogP contribution in [0.15, 0.2) is 27.6 Å².